The third kappa shape index (κ3) is 3.08. The largest absolute Gasteiger partial charge is 0.348 e. The molecule has 0 radical (unpaired) electrons. The molecule has 0 bridgehead atoms. The summed E-state index contributed by atoms with van der Waals surface area (Å²) in [4.78, 5) is 21.0. The summed E-state index contributed by atoms with van der Waals surface area (Å²) in [6, 6.07) is 9.65. The number of carbonyl (C=O) groups excluding carboxylic acids is 1. The maximum atomic E-state index is 12.2. The molecule has 0 aliphatic heterocycles. The second-order valence-electron chi connectivity index (χ2n) is 5.61. The number of amides is 1. The van der Waals surface area contributed by atoms with Gasteiger partial charge in [0.05, 0.1) is 11.0 Å². The van der Waals surface area contributed by atoms with Crippen molar-refractivity contribution in [3.05, 3.63) is 59.2 Å². The minimum atomic E-state index is -0.0839. The van der Waals surface area contributed by atoms with Gasteiger partial charge in [0, 0.05) is 31.0 Å². The second kappa shape index (κ2) is 6.20. The van der Waals surface area contributed by atoms with Crippen molar-refractivity contribution >= 4 is 16.9 Å². The maximum absolute atomic E-state index is 12.2. The summed E-state index contributed by atoms with van der Waals surface area (Å²) < 4.78 is 2.06. The highest BCUT2D eigenvalue weighted by Gasteiger charge is 2.08. The molecule has 0 aliphatic rings. The third-order valence-corrected chi connectivity index (χ3v) is 4.06. The van der Waals surface area contributed by atoms with Crippen molar-refractivity contribution < 1.29 is 4.79 Å². The van der Waals surface area contributed by atoms with E-state index in [4.69, 9.17) is 0 Å². The van der Waals surface area contributed by atoms with Crippen LogP contribution in [0, 0.1) is 6.92 Å². The van der Waals surface area contributed by atoms with Gasteiger partial charge in [-0.15, -0.1) is 0 Å². The molecule has 0 spiro atoms. The molecule has 0 saturated carbocycles. The quantitative estimate of drug-likeness (QED) is 0.806. The van der Waals surface area contributed by atoms with Crippen molar-refractivity contribution in [2.75, 3.05) is 0 Å². The monoisotopic (exact) mass is 308 g/mol. The highest BCUT2D eigenvalue weighted by atomic mass is 16.1. The molecule has 0 aliphatic carbocycles. The van der Waals surface area contributed by atoms with Crippen LogP contribution in [-0.2, 0) is 20.0 Å². The summed E-state index contributed by atoms with van der Waals surface area (Å²) in [7, 11) is 2.00. The Balaban J connectivity index is 1.73. The van der Waals surface area contributed by atoms with Gasteiger partial charge < -0.3 is 9.88 Å². The van der Waals surface area contributed by atoms with Crippen LogP contribution in [0.4, 0.5) is 0 Å². The molecule has 23 heavy (non-hydrogen) atoms. The smallest absolute Gasteiger partial charge is 0.251 e. The molecule has 5 heteroatoms. The van der Waals surface area contributed by atoms with Crippen LogP contribution in [-0.4, -0.2) is 20.4 Å². The first-order valence-corrected chi connectivity index (χ1v) is 7.73. The number of benzene rings is 1. The Bertz CT molecular complexity index is 867. The number of aromatic nitrogens is 3. The molecule has 0 saturated heterocycles. The Hall–Kier alpha value is -2.69. The zero-order valence-corrected chi connectivity index (χ0v) is 13.6. The van der Waals surface area contributed by atoms with Crippen molar-refractivity contribution in [2.45, 2.75) is 26.8 Å². The lowest BCUT2D eigenvalue weighted by Crippen LogP contribution is -2.23. The zero-order valence-electron chi connectivity index (χ0n) is 13.6. The molecule has 5 nitrogen and oxygen atoms in total. The second-order valence-corrected chi connectivity index (χ2v) is 5.61. The lowest BCUT2D eigenvalue weighted by Gasteiger charge is -2.06. The van der Waals surface area contributed by atoms with Crippen LogP contribution in [0.15, 0.2) is 36.5 Å². The predicted octanol–water partition coefficient (Wildman–Crippen LogP) is 2.77. The van der Waals surface area contributed by atoms with E-state index < -0.39 is 0 Å². The van der Waals surface area contributed by atoms with E-state index in [9.17, 15) is 4.79 Å². The van der Waals surface area contributed by atoms with E-state index in [0.717, 1.165) is 34.5 Å². The number of imidazole rings is 1. The first kappa shape index (κ1) is 15.2. The van der Waals surface area contributed by atoms with E-state index in [1.807, 2.05) is 45.2 Å². The van der Waals surface area contributed by atoms with Crippen LogP contribution in [0.2, 0.25) is 0 Å². The Labute approximate surface area is 135 Å². The highest BCUT2D eigenvalue weighted by Crippen LogP contribution is 2.16. The van der Waals surface area contributed by atoms with Gasteiger partial charge in [-0.1, -0.05) is 13.0 Å². The van der Waals surface area contributed by atoms with Crippen LogP contribution in [0.3, 0.4) is 0 Å². The lowest BCUT2D eigenvalue weighted by molar-refractivity contribution is 0.0950. The molecule has 3 rings (SSSR count). The van der Waals surface area contributed by atoms with Gasteiger partial charge in [-0.2, -0.15) is 0 Å². The summed E-state index contributed by atoms with van der Waals surface area (Å²) in [5.41, 5.74) is 4.65. The fraction of sp³-hybridized carbons (Fsp3) is 0.278. The molecule has 0 fully saturated rings. The number of aryl methyl sites for hydroxylation is 3. The van der Waals surface area contributed by atoms with E-state index in [1.165, 1.54) is 0 Å². The fourth-order valence-electron chi connectivity index (χ4n) is 2.57. The van der Waals surface area contributed by atoms with Crippen LogP contribution in [0.5, 0.6) is 0 Å². The van der Waals surface area contributed by atoms with E-state index in [0.29, 0.717) is 12.1 Å². The molecule has 0 atom stereocenters. The summed E-state index contributed by atoms with van der Waals surface area (Å²) >= 11 is 0. The van der Waals surface area contributed by atoms with Crippen molar-refractivity contribution in [3.63, 3.8) is 0 Å². The molecule has 0 unspecified atom stereocenters. The van der Waals surface area contributed by atoms with Crippen molar-refractivity contribution in [1.29, 1.82) is 0 Å². The lowest BCUT2D eigenvalue weighted by atomic mass is 10.1. The SMILES string of the molecule is CCc1cc(C(=O)NCc2ccc3c(c2)nc(C)n3C)ccn1. The van der Waals surface area contributed by atoms with Gasteiger partial charge >= 0.3 is 0 Å². The van der Waals surface area contributed by atoms with Gasteiger partial charge in [0.15, 0.2) is 0 Å². The number of nitrogens with zero attached hydrogens (tertiary/aromatic N) is 3. The molecule has 1 N–H and O–H groups in total. The van der Waals surface area contributed by atoms with Crippen molar-refractivity contribution in [2.24, 2.45) is 7.05 Å². The van der Waals surface area contributed by atoms with Crippen molar-refractivity contribution in [3.8, 4) is 0 Å². The number of pyridine rings is 1. The van der Waals surface area contributed by atoms with Gasteiger partial charge in [-0.25, -0.2) is 4.98 Å². The molecular weight excluding hydrogens is 288 g/mol. The average Bonchev–Trinajstić information content (AvgIpc) is 2.86. The van der Waals surface area contributed by atoms with E-state index >= 15 is 0 Å². The predicted molar refractivity (Wildman–Crippen MR) is 90.2 cm³/mol. The average molecular weight is 308 g/mol. The van der Waals surface area contributed by atoms with Crippen LogP contribution in [0.25, 0.3) is 11.0 Å². The third-order valence-electron chi connectivity index (χ3n) is 4.06. The molecule has 1 amide bonds. The maximum Gasteiger partial charge on any atom is 0.251 e. The summed E-state index contributed by atoms with van der Waals surface area (Å²) in [5, 5.41) is 2.95. The molecule has 2 aromatic heterocycles. The number of nitrogens with one attached hydrogen (secondary N) is 1. The normalized spacial score (nSPS) is 10.9. The minimum Gasteiger partial charge on any atom is -0.348 e. The van der Waals surface area contributed by atoms with Gasteiger partial charge in [0.2, 0.25) is 0 Å². The number of fused-ring (bicyclic) bond motifs is 1. The topological polar surface area (TPSA) is 59.8 Å². The van der Waals surface area contributed by atoms with Crippen LogP contribution < -0.4 is 5.32 Å². The molecule has 2 heterocycles. The van der Waals surface area contributed by atoms with Gasteiger partial charge in [0.25, 0.3) is 5.91 Å². The van der Waals surface area contributed by atoms with E-state index in [-0.39, 0.29) is 5.91 Å². The highest BCUT2D eigenvalue weighted by molar-refractivity contribution is 5.94. The number of carbonyl (C=O) groups is 1. The van der Waals surface area contributed by atoms with Gasteiger partial charge in [-0.3, -0.25) is 9.78 Å². The number of rotatable bonds is 4. The van der Waals surface area contributed by atoms with E-state index in [1.54, 1.807) is 12.3 Å². The van der Waals surface area contributed by atoms with Crippen LogP contribution in [0.1, 0.15) is 34.4 Å². The first-order valence-electron chi connectivity index (χ1n) is 7.73. The number of hydrogen-bond acceptors (Lipinski definition) is 3. The number of hydrogen-bond donors (Lipinski definition) is 1. The molecule has 118 valence electrons. The molecule has 1 aromatic carbocycles. The van der Waals surface area contributed by atoms with E-state index in [2.05, 4.69) is 19.9 Å². The zero-order chi connectivity index (χ0) is 16.4. The Morgan fingerprint density at radius 3 is 2.87 bits per heavy atom. The van der Waals surface area contributed by atoms with Gasteiger partial charge in [-0.05, 0) is 43.2 Å². The summed E-state index contributed by atoms with van der Waals surface area (Å²) in [5.74, 6) is 0.893. The van der Waals surface area contributed by atoms with Gasteiger partial charge in [0.1, 0.15) is 5.82 Å². The summed E-state index contributed by atoms with van der Waals surface area (Å²) in [6.07, 6.45) is 2.49. The first-order chi connectivity index (χ1) is 11.1. The Morgan fingerprint density at radius 2 is 2.09 bits per heavy atom. The molecular formula is C18H20N4O. The Kier molecular flexibility index (Phi) is 4.10. The fourth-order valence-corrected chi connectivity index (χ4v) is 2.57. The van der Waals surface area contributed by atoms with Crippen LogP contribution >= 0.6 is 0 Å². The summed E-state index contributed by atoms with van der Waals surface area (Å²) in [6.45, 7) is 4.48. The Morgan fingerprint density at radius 1 is 1.26 bits per heavy atom. The standard InChI is InChI=1S/C18H20N4O/c1-4-15-10-14(7-8-19-15)18(23)20-11-13-5-6-17-16(9-13)21-12(2)22(17)3/h5-10H,4,11H2,1-3H3,(H,20,23). The minimum absolute atomic E-state index is 0.0839. The molecule has 3 aromatic rings. The van der Waals surface area contributed by atoms with Crippen molar-refractivity contribution in [1.82, 2.24) is 19.9 Å².